The minimum atomic E-state index is 0.124. The van der Waals surface area contributed by atoms with Crippen LogP contribution in [0.5, 0.6) is 0 Å². The third kappa shape index (κ3) is 3.98. The van der Waals surface area contributed by atoms with E-state index in [9.17, 15) is 4.79 Å². The molecule has 0 aromatic heterocycles. The maximum absolute atomic E-state index is 11.8. The molecule has 0 radical (unpaired) electrons. The molecular formula is C24H31N3O. The molecule has 28 heavy (non-hydrogen) atoms. The lowest BCUT2D eigenvalue weighted by Gasteiger charge is -2.49. The van der Waals surface area contributed by atoms with Crippen LogP contribution in [0.2, 0.25) is 0 Å². The van der Waals surface area contributed by atoms with Crippen molar-refractivity contribution in [2.45, 2.75) is 38.3 Å². The molecule has 2 aromatic carbocycles. The number of carbonyl (C=O) groups excluding carboxylic acids is 1. The molecule has 1 amide bonds. The van der Waals surface area contributed by atoms with Gasteiger partial charge in [-0.15, -0.1) is 0 Å². The molecule has 2 aromatic rings. The largest absolute Gasteiger partial charge is 0.356 e. The first kappa shape index (κ1) is 19.2. The summed E-state index contributed by atoms with van der Waals surface area (Å²) in [4.78, 5) is 16.9. The van der Waals surface area contributed by atoms with Gasteiger partial charge in [0.1, 0.15) is 0 Å². The predicted molar refractivity (Wildman–Crippen MR) is 114 cm³/mol. The van der Waals surface area contributed by atoms with Crippen molar-refractivity contribution in [3.8, 4) is 11.1 Å². The van der Waals surface area contributed by atoms with Crippen molar-refractivity contribution in [1.82, 2.24) is 15.1 Å². The van der Waals surface area contributed by atoms with E-state index in [0.29, 0.717) is 6.42 Å². The van der Waals surface area contributed by atoms with Gasteiger partial charge in [0.2, 0.25) is 5.91 Å². The second kappa shape index (κ2) is 8.06. The summed E-state index contributed by atoms with van der Waals surface area (Å²) in [5, 5.41) is 3.04. The molecule has 0 aliphatic carbocycles. The van der Waals surface area contributed by atoms with E-state index in [1.54, 1.807) is 0 Å². The summed E-state index contributed by atoms with van der Waals surface area (Å²) in [6.45, 7) is 7.12. The van der Waals surface area contributed by atoms with E-state index in [1.165, 1.54) is 22.3 Å². The Morgan fingerprint density at radius 1 is 1.04 bits per heavy atom. The minimum absolute atomic E-state index is 0.124. The fourth-order valence-electron chi connectivity index (χ4n) is 4.76. The van der Waals surface area contributed by atoms with Gasteiger partial charge in [0.05, 0.1) is 0 Å². The topological polar surface area (TPSA) is 35.6 Å². The van der Waals surface area contributed by atoms with Crippen LogP contribution in [0.4, 0.5) is 0 Å². The number of rotatable bonds is 3. The average molecular weight is 378 g/mol. The number of carbonyl (C=O) groups is 1. The number of hydrogen-bond acceptors (Lipinski definition) is 3. The van der Waals surface area contributed by atoms with Gasteiger partial charge in [0.25, 0.3) is 0 Å². The highest BCUT2D eigenvalue weighted by atomic mass is 16.1. The van der Waals surface area contributed by atoms with Gasteiger partial charge >= 0.3 is 0 Å². The lowest BCUT2D eigenvalue weighted by atomic mass is 9.86. The Kier molecular flexibility index (Phi) is 5.51. The fourth-order valence-corrected chi connectivity index (χ4v) is 4.76. The summed E-state index contributed by atoms with van der Waals surface area (Å²) in [6, 6.07) is 17.6. The number of hydrogen-bond donors (Lipinski definition) is 1. The van der Waals surface area contributed by atoms with Gasteiger partial charge in [-0.2, -0.15) is 0 Å². The summed E-state index contributed by atoms with van der Waals surface area (Å²) in [7, 11) is 2.23. The van der Waals surface area contributed by atoms with E-state index < -0.39 is 0 Å². The normalized spacial score (nSPS) is 24.1. The lowest BCUT2D eigenvalue weighted by molar-refractivity contribution is -0.121. The van der Waals surface area contributed by atoms with Gasteiger partial charge < -0.3 is 5.32 Å². The third-order valence-corrected chi connectivity index (χ3v) is 6.63. The van der Waals surface area contributed by atoms with Crippen molar-refractivity contribution in [3.63, 3.8) is 0 Å². The Bertz CT molecular complexity index is 832. The van der Waals surface area contributed by atoms with Crippen molar-refractivity contribution < 1.29 is 4.79 Å². The van der Waals surface area contributed by atoms with E-state index in [1.807, 2.05) is 0 Å². The van der Waals surface area contributed by atoms with Crippen LogP contribution in [-0.4, -0.2) is 54.5 Å². The molecule has 0 bridgehead atoms. The molecule has 4 nitrogen and oxygen atoms in total. The molecule has 1 spiro atoms. The number of aryl methyl sites for hydroxylation is 1. The van der Waals surface area contributed by atoms with Crippen molar-refractivity contribution in [2.24, 2.45) is 0 Å². The van der Waals surface area contributed by atoms with Crippen molar-refractivity contribution in [2.75, 3.05) is 33.2 Å². The highest BCUT2D eigenvalue weighted by Crippen LogP contribution is 2.31. The molecule has 2 aliphatic rings. The van der Waals surface area contributed by atoms with Crippen LogP contribution in [-0.2, 0) is 11.3 Å². The summed E-state index contributed by atoms with van der Waals surface area (Å²) in [6.07, 6.45) is 2.64. The molecule has 2 fully saturated rings. The Labute approximate surface area is 168 Å². The maximum Gasteiger partial charge on any atom is 0.220 e. The Balaban J connectivity index is 1.45. The minimum Gasteiger partial charge on any atom is -0.356 e. The highest BCUT2D eigenvalue weighted by Gasteiger charge is 2.40. The number of benzene rings is 2. The molecule has 2 heterocycles. The molecule has 1 atom stereocenters. The van der Waals surface area contributed by atoms with Crippen LogP contribution in [0.3, 0.4) is 0 Å². The van der Waals surface area contributed by atoms with Crippen LogP contribution in [0, 0.1) is 6.92 Å². The molecule has 1 unspecified atom stereocenters. The Morgan fingerprint density at radius 3 is 2.61 bits per heavy atom. The predicted octanol–water partition coefficient (Wildman–Crippen LogP) is 3.45. The Hall–Kier alpha value is -2.17. The molecule has 0 saturated carbocycles. The molecule has 2 saturated heterocycles. The van der Waals surface area contributed by atoms with Crippen LogP contribution in [0.1, 0.15) is 30.4 Å². The van der Waals surface area contributed by atoms with E-state index in [-0.39, 0.29) is 11.4 Å². The smallest absolute Gasteiger partial charge is 0.220 e. The van der Waals surface area contributed by atoms with Crippen LogP contribution >= 0.6 is 0 Å². The lowest BCUT2D eigenvalue weighted by Crippen LogP contribution is -2.60. The molecule has 1 N–H and O–H groups in total. The monoisotopic (exact) mass is 377 g/mol. The van der Waals surface area contributed by atoms with Crippen LogP contribution in [0.25, 0.3) is 11.1 Å². The van der Waals surface area contributed by atoms with E-state index in [2.05, 4.69) is 77.6 Å². The number of nitrogens with one attached hydrogen (secondary N) is 1. The van der Waals surface area contributed by atoms with Gasteiger partial charge in [0, 0.05) is 44.7 Å². The maximum atomic E-state index is 11.8. The molecule has 4 rings (SSSR count). The third-order valence-electron chi connectivity index (χ3n) is 6.63. The number of amides is 1. The summed E-state index contributed by atoms with van der Waals surface area (Å²) in [5.74, 6) is 0.203. The van der Waals surface area contributed by atoms with Crippen molar-refractivity contribution in [1.29, 1.82) is 0 Å². The molecule has 148 valence electrons. The first-order chi connectivity index (χ1) is 13.6. The highest BCUT2D eigenvalue weighted by molar-refractivity contribution is 5.76. The van der Waals surface area contributed by atoms with E-state index >= 15 is 0 Å². The van der Waals surface area contributed by atoms with Gasteiger partial charge in [-0.1, -0.05) is 48.5 Å². The second-order valence-corrected chi connectivity index (χ2v) is 8.47. The van der Waals surface area contributed by atoms with Crippen molar-refractivity contribution >= 4 is 5.91 Å². The van der Waals surface area contributed by atoms with Crippen LogP contribution in [0.15, 0.2) is 48.5 Å². The van der Waals surface area contributed by atoms with E-state index in [4.69, 9.17) is 0 Å². The summed E-state index contributed by atoms with van der Waals surface area (Å²) < 4.78 is 0. The van der Waals surface area contributed by atoms with Gasteiger partial charge in [-0.05, 0) is 49.1 Å². The zero-order chi connectivity index (χ0) is 19.6. The fraction of sp³-hybridized carbons (Fsp3) is 0.458. The first-order valence-electron chi connectivity index (χ1n) is 10.4. The average Bonchev–Trinajstić information content (AvgIpc) is 2.88. The zero-order valence-corrected chi connectivity index (χ0v) is 17.1. The first-order valence-corrected chi connectivity index (χ1v) is 10.4. The summed E-state index contributed by atoms with van der Waals surface area (Å²) >= 11 is 0. The molecule has 4 heteroatoms. The molecular weight excluding hydrogens is 346 g/mol. The van der Waals surface area contributed by atoms with Crippen LogP contribution < -0.4 is 5.32 Å². The van der Waals surface area contributed by atoms with Gasteiger partial charge in [0.15, 0.2) is 0 Å². The van der Waals surface area contributed by atoms with Crippen molar-refractivity contribution in [3.05, 3.63) is 59.7 Å². The quantitative estimate of drug-likeness (QED) is 0.890. The molecule has 2 aliphatic heterocycles. The second-order valence-electron chi connectivity index (χ2n) is 8.47. The van der Waals surface area contributed by atoms with Gasteiger partial charge in [-0.25, -0.2) is 0 Å². The van der Waals surface area contributed by atoms with E-state index in [0.717, 1.165) is 45.6 Å². The summed E-state index contributed by atoms with van der Waals surface area (Å²) in [5.41, 5.74) is 5.39. The number of piperazine rings is 1. The Morgan fingerprint density at radius 2 is 1.82 bits per heavy atom. The standard InChI is InChI=1S/C24H31N3O/c1-19-5-3-4-6-22(19)21-9-7-20(8-10-21)17-27-16-15-26(2)24(18-27)12-11-23(28)25-14-13-24/h3-10H,11-18H2,1-2H3,(H,25,28). The SMILES string of the molecule is Cc1ccccc1-c1ccc(CN2CCN(C)C3(CCNC(=O)CC3)C2)cc1. The van der Waals surface area contributed by atoms with Gasteiger partial charge in [-0.3, -0.25) is 14.6 Å². The zero-order valence-electron chi connectivity index (χ0n) is 17.1. The number of nitrogens with zero attached hydrogens (tertiary/aromatic N) is 2. The number of likely N-dealkylation sites (N-methyl/N-ethyl adjacent to an activating group) is 1.